The molecule has 2 aromatic carbocycles. The normalized spacial score (nSPS) is 14.5. The van der Waals surface area contributed by atoms with Gasteiger partial charge in [-0.3, -0.25) is 0 Å². The second kappa shape index (κ2) is 4.81. The zero-order valence-electron chi connectivity index (χ0n) is 11.7. The minimum atomic E-state index is 0.527. The SMILES string of the molecule is Nc1cccc2oc(N(Cc3ccccc3)C3CC3)nc12. The van der Waals surface area contributed by atoms with E-state index in [0.717, 1.165) is 17.6 Å². The first kappa shape index (κ1) is 12.3. The first-order valence-electron chi connectivity index (χ1n) is 7.27. The van der Waals surface area contributed by atoms with Gasteiger partial charge in [0.15, 0.2) is 5.58 Å². The summed E-state index contributed by atoms with van der Waals surface area (Å²) in [6.07, 6.45) is 2.39. The molecule has 1 aliphatic rings. The molecular formula is C17H17N3O. The first-order valence-corrected chi connectivity index (χ1v) is 7.27. The van der Waals surface area contributed by atoms with Crippen LogP contribution in [0.25, 0.3) is 11.1 Å². The number of nitrogens with zero attached hydrogens (tertiary/aromatic N) is 2. The standard InChI is InChI=1S/C17H17N3O/c18-14-7-4-8-15-16(14)19-17(21-15)20(13-9-10-13)11-12-5-2-1-3-6-12/h1-8,13H,9-11,18H2. The molecule has 1 fully saturated rings. The zero-order valence-corrected chi connectivity index (χ0v) is 11.7. The Hall–Kier alpha value is -2.49. The Bertz CT molecular complexity index is 762. The Kier molecular flexibility index (Phi) is 2.81. The summed E-state index contributed by atoms with van der Waals surface area (Å²) in [6.45, 7) is 0.818. The molecule has 0 saturated heterocycles. The van der Waals surface area contributed by atoms with Gasteiger partial charge in [0, 0.05) is 12.6 Å². The van der Waals surface area contributed by atoms with Crippen LogP contribution < -0.4 is 10.6 Å². The molecule has 3 aromatic rings. The summed E-state index contributed by atoms with van der Waals surface area (Å²) in [7, 11) is 0. The highest BCUT2D eigenvalue weighted by Crippen LogP contribution is 2.35. The van der Waals surface area contributed by atoms with E-state index in [-0.39, 0.29) is 0 Å². The molecule has 1 heterocycles. The van der Waals surface area contributed by atoms with Crippen molar-refractivity contribution in [2.75, 3.05) is 10.6 Å². The molecule has 4 heteroatoms. The minimum absolute atomic E-state index is 0.527. The number of para-hydroxylation sites is 1. The van der Waals surface area contributed by atoms with Crippen LogP contribution in [0.5, 0.6) is 0 Å². The van der Waals surface area contributed by atoms with Gasteiger partial charge in [-0.2, -0.15) is 4.98 Å². The summed E-state index contributed by atoms with van der Waals surface area (Å²) in [5, 5.41) is 0. The van der Waals surface area contributed by atoms with Crippen LogP contribution in [0.15, 0.2) is 52.9 Å². The van der Waals surface area contributed by atoms with Gasteiger partial charge in [0.05, 0.1) is 5.69 Å². The van der Waals surface area contributed by atoms with Crippen molar-refractivity contribution < 1.29 is 4.42 Å². The number of nitrogen functional groups attached to an aromatic ring is 1. The van der Waals surface area contributed by atoms with Crippen molar-refractivity contribution in [2.45, 2.75) is 25.4 Å². The van der Waals surface area contributed by atoms with E-state index in [1.54, 1.807) is 0 Å². The Labute approximate surface area is 123 Å². The summed E-state index contributed by atoms with van der Waals surface area (Å²) in [6, 6.07) is 17.3. The summed E-state index contributed by atoms with van der Waals surface area (Å²) in [4.78, 5) is 6.85. The molecule has 1 aromatic heterocycles. The second-order valence-corrected chi connectivity index (χ2v) is 5.54. The fraction of sp³-hybridized carbons (Fsp3) is 0.235. The third kappa shape index (κ3) is 2.33. The number of anilines is 2. The Morgan fingerprint density at radius 2 is 1.90 bits per heavy atom. The number of aromatic nitrogens is 1. The number of hydrogen-bond donors (Lipinski definition) is 1. The van der Waals surface area contributed by atoms with Crippen molar-refractivity contribution in [2.24, 2.45) is 0 Å². The van der Waals surface area contributed by atoms with E-state index in [9.17, 15) is 0 Å². The van der Waals surface area contributed by atoms with Crippen LogP contribution >= 0.6 is 0 Å². The van der Waals surface area contributed by atoms with E-state index >= 15 is 0 Å². The fourth-order valence-electron chi connectivity index (χ4n) is 2.60. The average molecular weight is 279 g/mol. The second-order valence-electron chi connectivity index (χ2n) is 5.54. The predicted octanol–water partition coefficient (Wildman–Crippen LogP) is 3.58. The third-order valence-corrected chi connectivity index (χ3v) is 3.87. The monoisotopic (exact) mass is 279 g/mol. The molecule has 1 aliphatic carbocycles. The average Bonchev–Trinajstić information content (AvgIpc) is 3.25. The molecule has 0 bridgehead atoms. The van der Waals surface area contributed by atoms with Crippen molar-refractivity contribution in [3.05, 3.63) is 54.1 Å². The smallest absolute Gasteiger partial charge is 0.299 e. The number of fused-ring (bicyclic) bond motifs is 1. The molecule has 0 unspecified atom stereocenters. The lowest BCUT2D eigenvalue weighted by Crippen LogP contribution is -2.25. The molecule has 4 rings (SSSR count). The van der Waals surface area contributed by atoms with Crippen molar-refractivity contribution in [3.63, 3.8) is 0 Å². The molecule has 0 amide bonds. The molecule has 0 aliphatic heterocycles. The zero-order chi connectivity index (χ0) is 14.2. The van der Waals surface area contributed by atoms with Gasteiger partial charge in [0.25, 0.3) is 6.01 Å². The Morgan fingerprint density at radius 1 is 1.10 bits per heavy atom. The Balaban J connectivity index is 1.71. The van der Waals surface area contributed by atoms with Gasteiger partial charge in [-0.15, -0.1) is 0 Å². The van der Waals surface area contributed by atoms with Gasteiger partial charge in [0.2, 0.25) is 0 Å². The van der Waals surface area contributed by atoms with Gasteiger partial charge in [-0.25, -0.2) is 0 Å². The largest absolute Gasteiger partial charge is 0.423 e. The molecule has 21 heavy (non-hydrogen) atoms. The summed E-state index contributed by atoms with van der Waals surface area (Å²) >= 11 is 0. The minimum Gasteiger partial charge on any atom is -0.423 e. The number of rotatable bonds is 4. The molecule has 106 valence electrons. The van der Waals surface area contributed by atoms with Crippen LogP contribution in [0.4, 0.5) is 11.7 Å². The maximum absolute atomic E-state index is 5.97. The maximum atomic E-state index is 5.97. The molecule has 0 atom stereocenters. The summed E-state index contributed by atoms with van der Waals surface area (Å²) in [5.74, 6) is 0. The molecule has 1 saturated carbocycles. The lowest BCUT2D eigenvalue weighted by molar-refractivity contribution is 0.561. The topological polar surface area (TPSA) is 55.3 Å². The fourth-order valence-corrected chi connectivity index (χ4v) is 2.60. The van der Waals surface area contributed by atoms with Crippen LogP contribution in [0.2, 0.25) is 0 Å². The van der Waals surface area contributed by atoms with E-state index in [4.69, 9.17) is 10.2 Å². The van der Waals surface area contributed by atoms with E-state index in [0.29, 0.717) is 17.7 Å². The van der Waals surface area contributed by atoms with Crippen LogP contribution in [0, 0.1) is 0 Å². The first-order chi connectivity index (χ1) is 10.3. The van der Waals surface area contributed by atoms with Crippen LogP contribution in [0.3, 0.4) is 0 Å². The molecule has 2 N–H and O–H groups in total. The van der Waals surface area contributed by atoms with E-state index in [2.05, 4.69) is 34.1 Å². The molecule has 0 spiro atoms. The summed E-state index contributed by atoms with van der Waals surface area (Å²) in [5.41, 5.74) is 9.41. The molecular weight excluding hydrogens is 262 g/mol. The molecule has 0 radical (unpaired) electrons. The number of nitrogens with two attached hydrogens (primary N) is 1. The lowest BCUT2D eigenvalue weighted by atomic mass is 10.2. The predicted molar refractivity (Wildman–Crippen MR) is 84.1 cm³/mol. The van der Waals surface area contributed by atoms with Gasteiger partial charge >= 0.3 is 0 Å². The van der Waals surface area contributed by atoms with Crippen molar-refractivity contribution in [1.82, 2.24) is 4.98 Å². The Morgan fingerprint density at radius 3 is 2.62 bits per heavy atom. The summed E-state index contributed by atoms with van der Waals surface area (Å²) < 4.78 is 5.92. The van der Waals surface area contributed by atoms with Crippen LogP contribution in [0.1, 0.15) is 18.4 Å². The molecule has 4 nitrogen and oxygen atoms in total. The quantitative estimate of drug-likeness (QED) is 0.742. The third-order valence-electron chi connectivity index (χ3n) is 3.87. The highest BCUT2D eigenvalue weighted by atomic mass is 16.4. The van der Waals surface area contributed by atoms with Crippen LogP contribution in [-0.2, 0) is 6.54 Å². The van der Waals surface area contributed by atoms with Gasteiger partial charge in [-0.05, 0) is 30.5 Å². The van der Waals surface area contributed by atoms with Gasteiger partial charge in [-0.1, -0.05) is 36.4 Å². The van der Waals surface area contributed by atoms with Gasteiger partial charge in [0.1, 0.15) is 5.52 Å². The lowest BCUT2D eigenvalue weighted by Gasteiger charge is -2.20. The van der Waals surface area contributed by atoms with E-state index < -0.39 is 0 Å². The van der Waals surface area contributed by atoms with Crippen molar-refractivity contribution in [1.29, 1.82) is 0 Å². The van der Waals surface area contributed by atoms with E-state index in [1.807, 2.05) is 24.3 Å². The van der Waals surface area contributed by atoms with E-state index in [1.165, 1.54) is 18.4 Å². The van der Waals surface area contributed by atoms with Crippen molar-refractivity contribution in [3.8, 4) is 0 Å². The number of hydrogen-bond acceptors (Lipinski definition) is 4. The number of benzene rings is 2. The van der Waals surface area contributed by atoms with Crippen LogP contribution in [-0.4, -0.2) is 11.0 Å². The highest BCUT2D eigenvalue weighted by molar-refractivity contribution is 5.86. The maximum Gasteiger partial charge on any atom is 0.299 e. The highest BCUT2D eigenvalue weighted by Gasteiger charge is 2.32. The number of oxazole rings is 1. The van der Waals surface area contributed by atoms with Gasteiger partial charge < -0.3 is 15.1 Å². The van der Waals surface area contributed by atoms with Crippen molar-refractivity contribution >= 4 is 22.8 Å².